The first-order valence-corrected chi connectivity index (χ1v) is 11.6. The topological polar surface area (TPSA) is 66.7 Å². The zero-order valence-electron chi connectivity index (χ0n) is 18.4. The van der Waals surface area contributed by atoms with Gasteiger partial charge < -0.3 is 5.32 Å². The van der Waals surface area contributed by atoms with E-state index in [0.717, 1.165) is 11.1 Å². The Kier molecular flexibility index (Phi) is 6.17. The zero-order chi connectivity index (χ0) is 23.0. The maximum atomic E-state index is 13.4. The number of nitrogens with one attached hydrogen (secondary N) is 1. The van der Waals surface area contributed by atoms with Crippen molar-refractivity contribution >= 4 is 51.7 Å². The number of anilines is 1. The van der Waals surface area contributed by atoms with Crippen molar-refractivity contribution in [1.82, 2.24) is 14.3 Å². The highest BCUT2D eigenvalue weighted by atomic mass is 32.2. The van der Waals surface area contributed by atoms with Gasteiger partial charge in [0.15, 0.2) is 0 Å². The van der Waals surface area contributed by atoms with E-state index >= 15 is 0 Å². The number of amides is 1. The molecule has 1 aliphatic rings. The van der Waals surface area contributed by atoms with Crippen molar-refractivity contribution in [2.75, 3.05) is 5.32 Å². The molecule has 0 saturated carbocycles. The van der Waals surface area contributed by atoms with Crippen LogP contribution in [-0.4, -0.2) is 30.6 Å². The summed E-state index contributed by atoms with van der Waals surface area (Å²) in [6.07, 6.45) is 3.37. The standard InChI is InChI=1S/C24H24N4O2S2/c1-14(2)28-23(30)19(32-24(28)31)11-18-21(25-12-17-8-5-15(3)6-9-17)26-20-10-7-16(4)13-27(20)22(18)29/h5-11,13-14,25H,12H2,1-4H3/b19-11-. The van der Waals surface area contributed by atoms with E-state index in [1.165, 1.54) is 21.7 Å². The summed E-state index contributed by atoms with van der Waals surface area (Å²) in [6.45, 7) is 8.29. The first-order chi connectivity index (χ1) is 15.2. The van der Waals surface area contributed by atoms with E-state index in [1.54, 1.807) is 17.2 Å². The van der Waals surface area contributed by atoms with Gasteiger partial charge in [-0.2, -0.15) is 0 Å². The fourth-order valence-electron chi connectivity index (χ4n) is 3.47. The molecule has 3 aromatic rings. The number of carbonyl (C=O) groups excluding carboxylic acids is 1. The van der Waals surface area contributed by atoms with Gasteiger partial charge in [0.1, 0.15) is 15.8 Å². The number of aromatic nitrogens is 2. The van der Waals surface area contributed by atoms with Crippen molar-refractivity contribution in [3.63, 3.8) is 0 Å². The Morgan fingerprint density at radius 3 is 2.44 bits per heavy atom. The molecular formula is C24H24N4O2S2. The van der Waals surface area contributed by atoms with Crippen molar-refractivity contribution in [3.8, 4) is 0 Å². The molecule has 0 atom stereocenters. The summed E-state index contributed by atoms with van der Waals surface area (Å²) in [5.74, 6) is 0.252. The molecule has 1 fully saturated rings. The molecule has 4 rings (SSSR count). The van der Waals surface area contributed by atoms with Gasteiger partial charge in [0.05, 0.1) is 10.5 Å². The van der Waals surface area contributed by atoms with Crippen LogP contribution in [0.25, 0.3) is 11.7 Å². The number of hydrogen-bond acceptors (Lipinski definition) is 6. The Bertz CT molecular complexity index is 1310. The Morgan fingerprint density at radius 2 is 1.78 bits per heavy atom. The molecule has 1 aromatic carbocycles. The number of benzene rings is 1. The van der Waals surface area contributed by atoms with E-state index in [2.05, 4.69) is 5.32 Å². The molecule has 1 saturated heterocycles. The molecule has 8 heteroatoms. The van der Waals surface area contributed by atoms with Gasteiger partial charge in [0, 0.05) is 18.8 Å². The summed E-state index contributed by atoms with van der Waals surface area (Å²) in [7, 11) is 0. The average molecular weight is 465 g/mol. The highest BCUT2D eigenvalue weighted by Crippen LogP contribution is 2.34. The molecule has 1 aliphatic heterocycles. The van der Waals surface area contributed by atoms with Crippen molar-refractivity contribution in [1.29, 1.82) is 0 Å². The van der Waals surface area contributed by atoms with Gasteiger partial charge in [-0.05, 0) is 51.0 Å². The number of hydrogen-bond donors (Lipinski definition) is 1. The first kappa shape index (κ1) is 22.2. The average Bonchev–Trinajstić information content (AvgIpc) is 3.03. The third-order valence-electron chi connectivity index (χ3n) is 5.20. The zero-order valence-corrected chi connectivity index (χ0v) is 20.0. The van der Waals surface area contributed by atoms with Gasteiger partial charge in [-0.15, -0.1) is 0 Å². The van der Waals surface area contributed by atoms with Crippen LogP contribution in [0.1, 0.15) is 36.1 Å². The van der Waals surface area contributed by atoms with Crippen molar-refractivity contribution in [2.45, 2.75) is 40.3 Å². The van der Waals surface area contributed by atoms with Gasteiger partial charge in [-0.3, -0.25) is 18.9 Å². The van der Waals surface area contributed by atoms with Crippen LogP contribution < -0.4 is 10.9 Å². The van der Waals surface area contributed by atoms with Crippen LogP contribution >= 0.6 is 24.0 Å². The monoisotopic (exact) mass is 464 g/mol. The molecule has 1 N–H and O–H groups in total. The largest absolute Gasteiger partial charge is 0.365 e. The van der Waals surface area contributed by atoms with Gasteiger partial charge >= 0.3 is 0 Å². The molecule has 1 amide bonds. The molecule has 0 unspecified atom stereocenters. The van der Waals surface area contributed by atoms with Crippen LogP contribution in [0.3, 0.4) is 0 Å². The number of carbonyl (C=O) groups is 1. The van der Waals surface area contributed by atoms with Crippen molar-refractivity contribution < 1.29 is 4.79 Å². The fourth-order valence-corrected chi connectivity index (χ4v) is 4.98. The van der Waals surface area contributed by atoms with Crippen LogP contribution in [0.5, 0.6) is 0 Å². The second-order valence-corrected chi connectivity index (χ2v) is 9.77. The van der Waals surface area contributed by atoms with E-state index in [1.807, 2.05) is 64.1 Å². The number of fused-ring (bicyclic) bond motifs is 1. The van der Waals surface area contributed by atoms with Gasteiger partial charge in [-0.25, -0.2) is 4.98 Å². The smallest absolute Gasteiger partial charge is 0.267 e. The number of thioether (sulfide) groups is 1. The minimum absolute atomic E-state index is 0.0500. The van der Waals surface area contributed by atoms with E-state index < -0.39 is 0 Å². The minimum Gasteiger partial charge on any atom is -0.365 e. The summed E-state index contributed by atoms with van der Waals surface area (Å²) in [5, 5.41) is 3.29. The molecule has 32 heavy (non-hydrogen) atoms. The maximum Gasteiger partial charge on any atom is 0.267 e. The van der Waals surface area contributed by atoms with E-state index in [0.29, 0.717) is 32.8 Å². The van der Waals surface area contributed by atoms with Crippen LogP contribution in [0, 0.1) is 13.8 Å². The van der Waals surface area contributed by atoms with Crippen LogP contribution in [0.4, 0.5) is 5.82 Å². The van der Waals surface area contributed by atoms with Crippen LogP contribution in [0.2, 0.25) is 0 Å². The molecule has 0 aliphatic carbocycles. The summed E-state index contributed by atoms with van der Waals surface area (Å²) in [5.41, 5.74) is 3.83. The number of nitrogens with zero attached hydrogens (tertiary/aromatic N) is 3. The Balaban J connectivity index is 1.80. The highest BCUT2D eigenvalue weighted by Gasteiger charge is 2.34. The Labute approximate surface area is 196 Å². The normalized spacial score (nSPS) is 15.4. The van der Waals surface area contributed by atoms with E-state index in [-0.39, 0.29) is 17.5 Å². The first-order valence-electron chi connectivity index (χ1n) is 10.3. The van der Waals surface area contributed by atoms with E-state index in [9.17, 15) is 9.59 Å². The Hall–Kier alpha value is -2.97. The maximum absolute atomic E-state index is 13.4. The van der Waals surface area contributed by atoms with E-state index in [4.69, 9.17) is 17.2 Å². The predicted molar refractivity (Wildman–Crippen MR) is 135 cm³/mol. The van der Waals surface area contributed by atoms with Crippen LogP contribution in [-0.2, 0) is 11.3 Å². The van der Waals surface area contributed by atoms with Gasteiger partial charge in [0.2, 0.25) is 0 Å². The molecule has 3 heterocycles. The lowest BCUT2D eigenvalue weighted by Gasteiger charge is -2.18. The van der Waals surface area contributed by atoms with Gasteiger partial charge in [-0.1, -0.05) is 59.9 Å². The highest BCUT2D eigenvalue weighted by molar-refractivity contribution is 8.26. The fraction of sp³-hybridized carbons (Fsp3) is 0.250. The molecule has 0 spiro atoms. The Morgan fingerprint density at radius 1 is 1.09 bits per heavy atom. The van der Waals surface area contributed by atoms with Crippen LogP contribution in [0.15, 0.2) is 52.3 Å². The summed E-state index contributed by atoms with van der Waals surface area (Å²) >= 11 is 6.60. The quantitative estimate of drug-likeness (QED) is 0.442. The SMILES string of the molecule is Cc1ccc(CNc2nc3ccc(C)cn3c(=O)c2/C=C2\SC(=S)N(C(C)C)C2=O)cc1. The lowest BCUT2D eigenvalue weighted by molar-refractivity contribution is -0.123. The van der Waals surface area contributed by atoms with Crippen molar-refractivity contribution in [3.05, 3.63) is 80.1 Å². The number of aryl methyl sites for hydroxylation is 2. The minimum atomic E-state index is -0.236. The lowest BCUT2D eigenvalue weighted by atomic mass is 10.1. The number of rotatable bonds is 5. The number of pyridine rings is 1. The molecule has 0 bridgehead atoms. The second kappa shape index (κ2) is 8.88. The third-order valence-corrected chi connectivity index (χ3v) is 6.53. The molecule has 164 valence electrons. The lowest BCUT2D eigenvalue weighted by Crippen LogP contribution is -2.34. The number of thiocarbonyl (C=S) groups is 1. The summed E-state index contributed by atoms with van der Waals surface area (Å²) in [6, 6.07) is 11.8. The summed E-state index contributed by atoms with van der Waals surface area (Å²) < 4.78 is 2.01. The summed E-state index contributed by atoms with van der Waals surface area (Å²) in [4.78, 5) is 33.0. The van der Waals surface area contributed by atoms with Gasteiger partial charge in [0.25, 0.3) is 11.5 Å². The van der Waals surface area contributed by atoms with Crippen molar-refractivity contribution in [2.24, 2.45) is 0 Å². The second-order valence-electron chi connectivity index (χ2n) is 8.10. The predicted octanol–water partition coefficient (Wildman–Crippen LogP) is 4.53. The molecular weight excluding hydrogens is 440 g/mol. The molecule has 0 radical (unpaired) electrons. The third kappa shape index (κ3) is 4.33. The molecule has 6 nitrogen and oxygen atoms in total. The molecule has 2 aromatic heterocycles.